The highest BCUT2D eigenvalue weighted by atomic mass is 32.2. The fourth-order valence-electron chi connectivity index (χ4n) is 1.61. The van der Waals surface area contributed by atoms with Gasteiger partial charge < -0.3 is 10.2 Å². The Morgan fingerprint density at radius 1 is 1.00 bits per heavy atom. The summed E-state index contributed by atoms with van der Waals surface area (Å²) in [6.07, 6.45) is 0. The van der Waals surface area contributed by atoms with Crippen LogP contribution in [-0.4, -0.2) is 27.1 Å². The lowest BCUT2D eigenvalue weighted by atomic mass is 10.1. The molecule has 0 radical (unpaired) electrons. The maximum atomic E-state index is 11.4. The zero-order chi connectivity index (χ0) is 14.5. The lowest BCUT2D eigenvalue weighted by Crippen LogP contribution is -2.08. The number of thioether (sulfide) groups is 1. The SMILES string of the molecule is O=C(O)c1cccc(S[C@H](C(=O)O)c2ccccc2)n1. The van der Waals surface area contributed by atoms with Gasteiger partial charge in [-0.3, -0.25) is 4.79 Å². The van der Waals surface area contributed by atoms with Crippen molar-refractivity contribution >= 4 is 23.7 Å². The summed E-state index contributed by atoms with van der Waals surface area (Å²) >= 11 is 1.01. The molecule has 0 saturated carbocycles. The van der Waals surface area contributed by atoms with Gasteiger partial charge in [-0.05, 0) is 17.7 Å². The van der Waals surface area contributed by atoms with Gasteiger partial charge in [0.15, 0.2) is 0 Å². The summed E-state index contributed by atoms with van der Waals surface area (Å²) in [5, 5.41) is 17.7. The third-order valence-electron chi connectivity index (χ3n) is 2.51. The van der Waals surface area contributed by atoms with E-state index < -0.39 is 17.2 Å². The average molecular weight is 289 g/mol. The van der Waals surface area contributed by atoms with Gasteiger partial charge in [0.05, 0.1) is 5.03 Å². The molecule has 0 aliphatic rings. The van der Waals surface area contributed by atoms with Gasteiger partial charge in [-0.2, -0.15) is 0 Å². The number of benzene rings is 1. The highest BCUT2D eigenvalue weighted by Crippen LogP contribution is 2.34. The lowest BCUT2D eigenvalue weighted by molar-refractivity contribution is -0.136. The van der Waals surface area contributed by atoms with E-state index in [2.05, 4.69) is 4.98 Å². The number of hydrogen-bond donors (Lipinski definition) is 2. The van der Waals surface area contributed by atoms with Crippen LogP contribution in [0.3, 0.4) is 0 Å². The van der Waals surface area contributed by atoms with E-state index in [0.717, 1.165) is 11.8 Å². The standard InChI is InChI=1S/C14H11NO4S/c16-13(17)10-7-4-8-11(15-10)20-12(14(18)19)9-5-2-1-3-6-9/h1-8,12H,(H,16,17)(H,18,19)/t12-/m0/s1. The summed E-state index contributed by atoms with van der Waals surface area (Å²) in [4.78, 5) is 26.1. The Morgan fingerprint density at radius 2 is 1.70 bits per heavy atom. The predicted molar refractivity (Wildman–Crippen MR) is 73.9 cm³/mol. The summed E-state index contributed by atoms with van der Waals surface area (Å²) in [6, 6.07) is 13.2. The van der Waals surface area contributed by atoms with Crippen LogP contribution in [0.25, 0.3) is 0 Å². The molecule has 2 N–H and O–H groups in total. The fraction of sp³-hybridized carbons (Fsp3) is 0.0714. The number of aromatic nitrogens is 1. The Morgan fingerprint density at radius 3 is 2.30 bits per heavy atom. The summed E-state index contributed by atoms with van der Waals surface area (Å²) < 4.78 is 0. The zero-order valence-electron chi connectivity index (χ0n) is 10.3. The quantitative estimate of drug-likeness (QED) is 0.823. The molecule has 0 unspecified atom stereocenters. The number of aromatic carboxylic acids is 1. The Hall–Kier alpha value is -2.34. The molecule has 2 aromatic rings. The molecule has 2 rings (SSSR count). The van der Waals surface area contributed by atoms with Crippen molar-refractivity contribution in [3.05, 3.63) is 59.8 Å². The monoisotopic (exact) mass is 289 g/mol. The Kier molecular flexibility index (Phi) is 4.37. The number of hydrogen-bond acceptors (Lipinski definition) is 4. The van der Waals surface area contributed by atoms with Gasteiger partial charge in [0.1, 0.15) is 10.9 Å². The minimum absolute atomic E-state index is 0.104. The van der Waals surface area contributed by atoms with Crippen molar-refractivity contribution < 1.29 is 19.8 Å². The Bertz CT molecular complexity index is 630. The van der Waals surface area contributed by atoms with Crippen molar-refractivity contribution in [2.45, 2.75) is 10.3 Å². The lowest BCUT2D eigenvalue weighted by Gasteiger charge is -2.11. The fourth-order valence-corrected chi connectivity index (χ4v) is 2.55. The molecule has 6 heteroatoms. The molecule has 1 aromatic heterocycles. The summed E-state index contributed by atoms with van der Waals surface area (Å²) in [7, 11) is 0. The van der Waals surface area contributed by atoms with Crippen LogP contribution < -0.4 is 0 Å². The molecule has 1 atom stereocenters. The maximum Gasteiger partial charge on any atom is 0.354 e. The normalized spacial score (nSPS) is 11.8. The number of carboxylic acid groups (broad SMARTS) is 2. The van der Waals surface area contributed by atoms with Crippen molar-refractivity contribution in [3.63, 3.8) is 0 Å². The van der Waals surface area contributed by atoms with Gasteiger partial charge in [0, 0.05) is 0 Å². The number of carboxylic acids is 2. The molecule has 5 nitrogen and oxygen atoms in total. The van der Waals surface area contributed by atoms with Crippen LogP contribution in [0.2, 0.25) is 0 Å². The predicted octanol–water partition coefficient (Wildman–Crippen LogP) is 2.70. The van der Waals surface area contributed by atoms with Crippen LogP contribution in [0.15, 0.2) is 53.6 Å². The van der Waals surface area contributed by atoms with Crippen LogP contribution >= 0.6 is 11.8 Å². The van der Waals surface area contributed by atoms with Crippen molar-refractivity contribution in [2.75, 3.05) is 0 Å². The number of pyridine rings is 1. The van der Waals surface area contributed by atoms with E-state index in [1.807, 2.05) is 0 Å². The first-order valence-corrected chi connectivity index (χ1v) is 6.60. The number of nitrogens with zero attached hydrogens (tertiary/aromatic N) is 1. The number of aliphatic carboxylic acids is 1. The first-order chi connectivity index (χ1) is 9.58. The first kappa shape index (κ1) is 14.1. The van der Waals surface area contributed by atoms with E-state index in [4.69, 9.17) is 5.11 Å². The highest BCUT2D eigenvalue weighted by Gasteiger charge is 2.22. The van der Waals surface area contributed by atoms with E-state index in [-0.39, 0.29) is 5.69 Å². The van der Waals surface area contributed by atoms with E-state index in [1.54, 1.807) is 42.5 Å². The molecule has 0 aliphatic heterocycles. The second-order valence-corrected chi connectivity index (χ2v) is 5.04. The van der Waals surface area contributed by atoms with E-state index in [9.17, 15) is 14.7 Å². The average Bonchev–Trinajstić information content (AvgIpc) is 2.45. The van der Waals surface area contributed by atoms with Crippen molar-refractivity contribution in [1.82, 2.24) is 4.98 Å². The summed E-state index contributed by atoms with van der Waals surface area (Å²) in [6.45, 7) is 0. The van der Waals surface area contributed by atoms with Gasteiger partial charge in [-0.1, -0.05) is 48.2 Å². The maximum absolute atomic E-state index is 11.4. The van der Waals surface area contributed by atoms with Crippen LogP contribution in [0.4, 0.5) is 0 Å². The molecule has 0 aliphatic carbocycles. The van der Waals surface area contributed by atoms with Crippen LogP contribution in [0, 0.1) is 0 Å². The molecular formula is C14H11NO4S. The second-order valence-electron chi connectivity index (χ2n) is 3.91. The molecule has 0 amide bonds. The molecule has 102 valence electrons. The molecule has 0 bridgehead atoms. The molecule has 20 heavy (non-hydrogen) atoms. The minimum Gasteiger partial charge on any atom is -0.480 e. The van der Waals surface area contributed by atoms with E-state index in [1.165, 1.54) is 6.07 Å². The minimum atomic E-state index is -1.14. The molecular weight excluding hydrogens is 278 g/mol. The molecule has 0 fully saturated rings. The summed E-state index contributed by atoms with van der Waals surface area (Å²) in [5.41, 5.74) is 0.528. The molecule has 0 spiro atoms. The Balaban J connectivity index is 2.27. The van der Waals surface area contributed by atoms with E-state index in [0.29, 0.717) is 10.6 Å². The van der Waals surface area contributed by atoms with Crippen LogP contribution in [0.1, 0.15) is 21.3 Å². The third kappa shape index (κ3) is 3.36. The first-order valence-electron chi connectivity index (χ1n) is 5.72. The van der Waals surface area contributed by atoms with Crippen molar-refractivity contribution in [1.29, 1.82) is 0 Å². The van der Waals surface area contributed by atoms with Gasteiger partial charge >= 0.3 is 11.9 Å². The largest absolute Gasteiger partial charge is 0.480 e. The van der Waals surface area contributed by atoms with Crippen LogP contribution in [0.5, 0.6) is 0 Å². The molecule has 1 heterocycles. The van der Waals surface area contributed by atoms with Crippen molar-refractivity contribution in [2.24, 2.45) is 0 Å². The highest BCUT2D eigenvalue weighted by molar-refractivity contribution is 8.00. The number of carbonyl (C=O) groups is 2. The summed E-state index contributed by atoms with van der Waals surface area (Å²) in [5.74, 6) is -2.14. The van der Waals surface area contributed by atoms with Gasteiger partial charge in [-0.15, -0.1) is 0 Å². The van der Waals surface area contributed by atoms with Gasteiger partial charge in [0.2, 0.25) is 0 Å². The van der Waals surface area contributed by atoms with Crippen LogP contribution in [-0.2, 0) is 4.79 Å². The molecule has 1 aromatic carbocycles. The van der Waals surface area contributed by atoms with Gasteiger partial charge in [-0.25, -0.2) is 9.78 Å². The zero-order valence-corrected chi connectivity index (χ0v) is 11.1. The Labute approximate surface area is 119 Å². The van der Waals surface area contributed by atoms with Gasteiger partial charge in [0.25, 0.3) is 0 Å². The second kappa shape index (κ2) is 6.21. The third-order valence-corrected chi connectivity index (χ3v) is 3.69. The smallest absolute Gasteiger partial charge is 0.354 e. The topological polar surface area (TPSA) is 87.5 Å². The van der Waals surface area contributed by atoms with E-state index >= 15 is 0 Å². The van der Waals surface area contributed by atoms with Crippen molar-refractivity contribution in [3.8, 4) is 0 Å². The number of rotatable bonds is 5. The molecule has 0 saturated heterocycles.